The van der Waals surface area contributed by atoms with Crippen LogP contribution < -0.4 is 14.5 Å². The number of alkyl halides is 4. The number of likely N-dealkylation sites (tertiary alicyclic amines) is 1. The molecule has 0 bridgehead atoms. The van der Waals surface area contributed by atoms with Crippen molar-refractivity contribution in [3.8, 4) is 16.9 Å². The van der Waals surface area contributed by atoms with Gasteiger partial charge in [0, 0.05) is 74.1 Å². The molecule has 1 amide bonds. The monoisotopic (exact) mass is 734 g/mol. The van der Waals surface area contributed by atoms with Crippen LogP contribution in [0.15, 0.2) is 37.1 Å². The SMILES string of the molecule is C=CC(=O)N1CC2(CCN(c3nc(N4CC[C@H](F)CCN(C)CC4)nc4c(OCC(F)(F)F)c(-c5c(C)ccc6[nH]ncc56)c(C5CC5)cc34)CC2)C1. The second-order valence-corrected chi connectivity index (χ2v) is 15.5. The van der Waals surface area contributed by atoms with Gasteiger partial charge in [-0.2, -0.15) is 23.3 Å². The summed E-state index contributed by atoms with van der Waals surface area (Å²) >= 11 is 0. The fourth-order valence-corrected chi connectivity index (χ4v) is 8.41. The molecule has 4 aliphatic rings. The molecule has 1 saturated carbocycles. The van der Waals surface area contributed by atoms with Gasteiger partial charge in [-0.15, -0.1) is 0 Å². The summed E-state index contributed by atoms with van der Waals surface area (Å²) in [5.41, 5.74) is 4.27. The van der Waals surface area contributed by atoms with Crippen LogP contribution in [0, 0.1) is 12.3 Å². The number of rotatable bonds is 7. The van der Waals surface area contributed by atoms with Crippen molar-refractivity contribution in [3.63, 3.8) is 0 Å². The smallest absolute Gasteiger partial charge is 0.422 e. The quantitative estimate of drug-likeness (QED) is 0.164. The van der Waals surface area contributed by atoms with E-state index in [-0.39, 0.29) is 23.0 Å². The number of hydrogen-bond donors (Lipinski definition) is 1. The molecule has 5 heterocycles. The van der Waals surface area contributed by atoms with E-state index in [1.54, 1.807) is 6.20 Å². The van der Waals surface area contributed by atoms with Crippen molar-refractivity contribution in [1.82, 2.24) is 30.0 Å². The molecular formula is C39H46F4N8O2. The van der Waals surface area contributed by atoms with Gasteiger partial charge in [-0.05, 0) is 93.3 Å². The minimum absolute atomic E-state index is 0.0109. The van der Waals surface area contributed by atoms with Crippen LogP contribution in [0.4, 0.5) is 29.3 Å². The molecule has 2 aromatic carbocycles. The number of amides is 1. The molecule has 1 aliphatic carbocycles. The topological polar surface area (TPSA) is 93.7 Å². The number of fused-ring (bicyclic) bond motifs is 2. The van der Waals surface area contributed by atoms with Crippen molar-refractivity contribution in [2.75, 3.05) is 75.8 Å². The average molecular weight is 735 g/mol. The predicted molar refractivity (Wildman–Crippen MR) is 197 cm³/mol. The number of H-pyrrole nitrogens is 1. The van der Waals surface area contributed by atoms with Crippen molar-refractivity contribution < 1.29 is 27.1 Å². The molecule has 4 aromatic rings. The number of aryl methyl sites for hydroxylation is 1. The summed E-state index contributed by atoms with van der Waals surface area (Å²) in [5.74, 6) is 1.15. The predicted octanol–water partition coefficient (Wildman–Crippen LogP) is 6.78. The number of hydrogen-bond acceptors (Lipinski definition) is 8. The molecule has 2 aromatic heterocycles. The Kier molecular flexibility index (Phi) is 9.23. The largest absolute Gasteiger partial charge is 0.481 e. The Hall–Kier alpha value is -4.46. The Bertz CT molecular complexity index is 2020. The molecule has 3 aliphatic heterocycles. The zero-order valence-electron chi connectivity index (χ0n) is 30.3. The third kappa shape index (κ3) is 7.02. The molecule has 4 fully saturated rings. The molecular weight excluding hydrogens is 688 g/mol. The maximum Gasteiger partial charge on any atom is 0.422 e. The Labute approximate surface area is 306 Å². The molecule has 282 valence electrons. The molecule has 10 nitrogen and oxygen atoms in total. The molecule has 1 atom stereocenters. The highest BCUT2D eigenvalue weighted by Gasteiger charge is 2.46. The Morgan fingerprint density at radius 1 is 1.00 bits per heavy atom. The Morgan fingerprint density at radius 3 is 2.47 bits per heavy atom. The number of nitrogens with zero attached hydrogens (tertiary/aromatic N) is 7. The van der Waals surface area contributed by atoms with Crippen LogP contribution in [0.5, 0.6) is 5.75 Å². The first-order chi connectivity index (χ1) is 25.4. The number of aromatic nitrogens is 4. The van der Waals surface area contributed by atoms with Crippen LogP contribution in [-0.2, 0) is 4.79 Å². The molecule has 0 unspecified atom stereocenters. The summed E-state index contributed by atoms with van der Waals surface area (Å²) in [5, 5.41) is 8.74. The number of halogens is 4. The number of carbonyl (C=O) groups is 1. The lowest BCUT2D eigenvalue weighted by Crippen LogP contribution is -2.61. The molecule has 8 rings (SSSR count). The standard InChI is InChI=1S/C39H46F4N8O2/c1-4-31(52)51-21-38(22-51)11-15-49(16-12-38)36-28-19-27(25-6-7-25)33(32-24(2)5-8-30-29(32)20-44-47-30)35(53-23-39(41,42)43)34(28)45-37(46-36)50-14-10-26(40)9-13-48(3)17-18-50/h4-5,8,19-20,25-26H,1,6-7,9-18,21-23H2,2-3H3,(H,44,47)/t26-/m1/s1. The van der Waals surface area contributed by atoms with Crippen molar-refractivity contribution in [2.45, 2.75) is 63.7 Å². The van der Waals surface area contributed by atoms with Crippen molar-refractivity contribution >= 4 is 39.5 Å². The van der Waals surface area contributed by atoms with E-state index in [4.69, 9.17) is 14.7 Å². The van der Waals surface area contributed by atoms with E-state index in [9.17, 15) is 18.0 Å². The molecule has 1 spiro atoms. The van der Waals surface area contributed by atoms with Gasteiger partial charge in [0.05, 0.1) is 11.7 Å². The van der Waals surface area contributed by atoms with Gasteiger partial charge < -0.3 is 24.3 Å². The van der Waals surface area contributed by atoms with Gasteiger partial charge in [0.25, 0.3) is 0 Å². The minimum atomic E-state index is -4.60. The second-order valence-electron chi connectivity index (χ2n) is 15.5. The first-order valence-corrected chi connectivity index (χ1v) is 18.7. The normalized spacial score (nSPS) is 21.4. The van der Waals surface area contributed by atoms with Crippen LogP contribution in [0.3, 0.4) is 0 Å². The van der Waals surface area contributed by atoms with E-state index in [1.165, 1.54) is 6.08 Å². The molecule has 0 radical (unpaired) electrons. The van der Waals surface area contributed by atoms with Crippen LogP contribution in [-0.4, -0.2) is 114 Å². The number of aromatic amines is 1. The summed E-state index contributed by atoms with van der Waals surface area (Å²) in [4.78, 5) is 30.6. The lowest BCUT2D eigenvalue weighted by molar-refractivity contribution is -0.153. The minimum Gasteiger partial charge on any atom is -0.481 e. The molecule has 1 N–H and O–H groups in total. The fraction of sp³-hybridized carbons (Fsp3) is 0.538. The van der Waals surface area contributed by atoms with Crippen LogP contribution >= 0.6 is 0 Å². The van der Waals surface area contributed by atoms with Gasteiger partial charge in [0.2, 0.25) is 11.9 Å². The summed E-state index contributed by atoms with van der Waals surface area (Å²) < 4.78 is 63.3. The average Bonchev–Trinajstić information content (AvgIpc) is 3.85. The third-order valence-electron chi connectivity index (χ3n) is 11.7. The second kappa shape index (κ2) is 13.7. The number of likely N-dealkylation sites (N-methyl/N-ethyl adjacent to an activating group) is 1. The Morgan fingerprint density at radius 2 is 1.75 bits per heavy atom. The van der Waals surface area contributed by atoms with Gasteiger partial charge in [-0.25, -0.2) is 9.37 Å². The summed E-state index contributed by atoms with van der Waals surface area (Å²) in [7, 11) is 1.96. The highest BCUT2D eigenvalue weighted by Crippen LogP contribution is 2.53. The lowest BCUT2D eigenvalue weighted by Gasteiger charge is -2.54. The highest BCUT2D eigenvalue weighted by molar-refractivity contribution is 6.06. The van der Waals surface area contributed by atoms with E-state index in [2.05, 4.69) is 32.6 Å². The van der Waals surface area contributed by atoms with Gasteiger partial charge in [-0.1, -0.05) is 12.6 Å². The molecule has 14 heteroatoms. The number of benzene rings is 2. The zero-order valence-corrected chi connectivity index (χ0v) is 30.3. The van der Waals surface area contributed by atoms with E-state index in [0.717, 1.165) is 53.3 Å². The van der Waals surface area contributed by atoms with Crippen molar-refractivity contribution in [2.24, 2.45) is 5.41 Å². The van der Waals surface area contributed by atoms with E-state index < -0.39 is 19.0 Å². The fourth-order valence-electron chi connectivity index (χ4n) is 8.41. The van der Waals surface area contributed by atoms with Crippen LogP contribution in [0.1, 0.15) is 55.6 Å². The Balaban J connectivity index is 1.32. The van der Waals surface area contributed by atoms with Gasteiger partial charge in [0.15, 0.2) is 12.4 Å². The maximum absolute atomic E-state index is 15.0. The maximum atomic E-state index is 15.0. The summed E-state index contributed by atoms with van der Waals surface area (Å²) in [6.45, 7) is 8.95. The van der Waals surface area contributed by atoms with Crippen LogP contribution in [0.25, 0.3) is 32.9 Å². The number of carbonyl (C=O) groups excluding carboxylic acids is 1. The van der Waals surface area contributed by atoms with E-state index in [1.807, 2.05) is 35.9 Å². The highest BCUT2D eigenvalue weighted by atomic mass is 19.4. The van der Waals surface area contributed by atoms with Crippen LogP contribution in [0.2, 0.25) is 0 Å². The zero-order chi connectivity index (χ0) is 37.1. The van der Waals surface area contributed by atoms with Gasteiger partial charge in [0.1, 0.15) is 17.5 Å². The van der Waals surface area contributed by atoms with Crippen molar-refractivity contribution in [1.29, 1.82) is 0 Å². The summed E-state index contributed by atoms with van der Waals surface area (Å²) in [6.07, 6.45) is 1.67. The number of piperidine rings is 1. The number of nitrogens with one attached hydrogen (secondary N) is 1. The van der Waals surface area contributed by atoms with Crippen molar-refractivity contribution in [3.05, 3.63) is 48.2 Å². The van der Waals surface area contributed by atoms with E-state index >= 15 is 4.39 Å². The first-order valence-electron chi connectivity index (χ1n) is 18.7. The molecule has 3 saturated heterocycles. The number of ether oxygens (including phenoxy) is 1. The van der Waals surface area contributed by atoms with Gasteiger partial charge in [-0.3, -0.25) is 9.89 Å². The van der Waals surface area contributed by atoms with E-state index in [0.29, 0.717) is 93.4 Å². The number of anilines is 2. The molecule has 53 heavy (non-hydrogen) atoms. The summed E-state index contributed by atoms with van der Waals surface area (Å²) in [6, 6.07) is 5.95. The lowest BCUT2D eigenvalue weighted by atomic mass is 9.72. The van der Waals surface area contributed by atoms with Gasteiger partial charge >= 0.3 is 6.18 Å². The first kappa shape index (κ1) is 35.6. The third-order valence-corrected chi connectivity index (χ3v) is 11.7.